The third-order valence-corrected chi connectivity index (χ3v) is 4.26. The molecule has 21 heavy (non-hydrogen) atoms. The van der Waals surface area contributed by atoms with E-state index >= 15 is 0 Å². The van der Waals surface area contributed by atoms with E-state index in [1.54, 1.807) is 4.90 Å². The van der Waals surface area contributed by atoms with Crippen molar-refractivity contribution in [2.45, 2.75) is 44.2 Å². The summed E-state index contributed by atoms with van der Waals surface area (Å²) in [4.78, 5) is 27.0. The van der Waals surface area contributed by atoms with Gasteiger partial charge < -0.3 is 24.7 Å². The first-order chi connectivity index (χ1) is 10.1. The Morgan fingerprint density at radius 1 is 1.24 bits per heavy atom. The standard InChI is InChI=1S/C14H24N2O5/c17-8-6-15(11-4-2-1-3-5-11)14(20)16-7-9-21-10-12(16)13(18)19/h11-12,17H,1-10H2,(H,18,19). The largest absolute Gasteiger partial charge is 0.480 e. The number of carbonyl (C=O) groups is 2. The third-order valence-electron chi connectivity index (χ3n) is 4.26. The second-order valence-corrected chi connectivity index (χ2v) is 5.61. The Hall–Kier alpha value is -1.34. The Morgan fingerprint density at radius 3 is 2.57 bits per heavy atom. The van der Waals surface area contributed by atoms with Crippen molar-refractivity contribution in [1.82, 2.24) is 9.80 Å². The molecule has 1 aliphatic heterocycles. The quantitative estimate of drug-likeness (QED) is 0.790. The van der Waals surface area contributed by atoms with E-state index in [0.29, 0.717) is 6.61 Å². The molecule has 1 saturated carbocycles. The highest BCUT2D eigenvalue weighted by molar-refractivity contribution is 5.83. The lowest BCUT2D eigenvalue weighted by Crippen LogP contribution is -2.58. The van der Waals surface area contributed by atoms with Crippen LogP contribution in [0, 0.1) is 0 Å². The van der Waals surface area contributed by atoms with Gasteiger partial charge in [-0.1, -0.05) is 19.3 Å². The smallest absolute Gasteiger partial charge is 0.328 e. The summed E-state index contributed by atoms with van der Waals surface area (Å²) in [6, 6.07) is -1.11. The fourth-order valence-corrected chi connectivity index (χ4v) is 3.14. The molecule has 2 aliphatic rings. The van der Waals surface area contributed by atoms with Gasteiger partial charge in [-0.15, -0.1) is 0 Å². The number of ether oxygens (including phenoxy) is 1. The molecule has 0 spiro atoms. The molecule has 2 N–H and O–H groups in total. The molecular weight excluding hydrogens is 276 g/mol. The number of rotatable bonds is 4. The van der Waals surface area contributed by atoms with E-state index in [4.69, 9.17) is 4.74 Å². The van der Waals surface area contributed by atoms with Gasteiger partial charge in [0.2, 0.25) is 0 Å². The Bertz CT molecular complexity index is 370. The summed E-state index contributed by atoms with van der Waals surface area (Å²) in [5, 5.41) is 18.5. The highest BCUT2D eigenvalue weighted by Crippen LogP contribution is 2.24. The molecule has 0 aromatic heterocycles. The van der Waals surface area contributed by atoms with E-state index in [9.17, 15) is 19.8 Å². The van der Waals surface area contributed by atoms with E-state index in [1.807, 2.05) is 0 Å². The summed E-state index contributed by atoms with van der Waals surface area (Å²) < 4.78 is 5.17. The summed E-state index contributed by atoms with van der Waals surface area (Å²) in [6.45, 7) is 0.813. The molecule has 7 heteroatoms. The maximum atomic E-state index is 12.7. The van der Waals surface area contributed by atoms with Gasteiger partial charge in [-0.25, -0.2) is 9.59 Å². The lowest BCUT2D eigenvalue weighted by molar-refractivity contribution is -0.147. The van der Waals surface area contributed by atoms with E-state index in [2.05, 4.69) is 0 Å². The van der Waals surface area contributed by atoms with Gasteiger partial charge in [0.05, 0.1) is 19.8 Å². The van der Waals surface area contributed by atoms with Crippen LogP contribution in [0.2, 0.25) is 0 Å². The molecule has 1 unspecified atom stereocenters. The van der Waals surface area contributed by atoms with Gasteiger partial charge >= 0.3 is 12.0 Å². The SMILES string of the molecule is O=C(O)C1COCCN1C(=O)N(CCO)C1CCCCC1. The zero-order valence-corrected chi connectivity index (χ0v) is 12.2. The average molecular weight is 300 g/mol. The fraction of sp³-hybridized carbons (Fsp3) is 0.857. The Labute approximate surface area is 124 Å². The number of morpholine rings is 1. The zero-order chi connectivity index (χ0) is 15.2. The molecule has 2 fully saturated rings. The molecule has 0 aromatic carbocycles. The monoisotopic (exact) mass is 300 g/mol. The number of aliphatic carboxylic acids is 1. The van der Waals surface area contributed by atoms with Crippen LogP contribution in [-0.2, 0) is 9.53 Å². The van der Waals surface area contributed by atoms with Crippen molar-refractivity contribution in [3.8, 4) is 0 Å². The van der Waals surface area contributed by atoms with E-state index < -0.39 is 12.0 Å². The number of amides is 2. The van der Waals surface area contributed by atoms with Crippen LogP contribution >= 0.6 is 0 Å². The zero-order valence-electron chi connectivity index (χ0n) is 12.2. The number of carboxylic acid groups (broad SMARTS) is 1. The van der Waals surface area contributed by atoms with Gasteiger partial charge in [0.25, 0.3) is 0 Å². The van der Waals surface area contributed by atoms with Crippen molar-refractivity contribution in [1.29, 1.82) is 0 Å². The minimum absolute atomic E-state index is 0.0265. The molecular formula is C14H24N2O5. The minimum atomic E-state index is -1.05. The number of aliphatic hydroxyl groups excluding tert-OH is 1. The predicted octanol–water partition coefficient (Wildman–Crippen LogP) is 0.519. The molecule has 1 atom stereocenters. The topological polar surface area (TPSA) is 90.3 Å². The minimum Gasteiger partial charge on any atom is -0.480 e. The van der Waals surface area contributed by atoms with Crippen LogP contribution in [0.1, 0.15) is 32.1 Å². The molecule has 2 rings (SSSR count). The lowest BCUT2D eigenvalue weighted by Gasteiger charge is -2.40. The predicted molar refractivity (Wildman–Crippen MR) is 75.0 cm³/mol. The van der Waals surface area contributed by atoms with Gasteiger partial charge in [0.15, 0.2) is 6.04 Å². The number of carbonyl (C=O) groups excluding carboxylic acids is 1. The highest BCUT2D eigenvalue weighted by atomic mass is 16.5. The molecule has 1 heterocycles. The van der Waals surface area contributed by atoms with E-state index in [-0.39, 0.29) is 38.4 Å². The Balaban J connectivity index is 2.09. The first-order valence-electron chi connectivity index (χ1n) is 7.63. The van der Waals surface area contributed by atoms with Crippen LogP contribution in [0.25, 0.3) is 0 Å². The van der Waals surface area contributed by atoms with Crippen molar-refractivity contribution in [2.75, 3.05) is 32.9 Å². The number of urea groups is 1. The van der Waals surface area contributed by atoms with E-state index in [0.717, 1.165) is 25.7 Å². The van der Waals surface area contributed by atoms with Crippen LogP contribution in [0.3, 0.4) is 0 Å². The second kappa shape index (κ2) is 7.61. The van der Waals surface area contributed by atoms with Crippen molar-refractivity contribution >= 4 is 12.0 Å². The van der Waals surface area contributed by atoms with Gasteiger partial charge in [-0.05, 0) is 12.8 Å². The van der Waals surface area contributed by atoms with Crippen LogP contribution in [0.4, 0.5) is 4.79 Å². The van der Waals surface area contributed by atoms with Gasteiger partial charge in [-0.2, -0.15) is 0 Å². The van der Waals surface area contributed by atoms with Crippen molar-refractivity contribution in [2.24, 2.45) is 0 Å². The molecule has 0 bridgehead atoms. The summed E-state index contributed by atoms with van der Waals surface area (Å²) in [5.74, 6) is -1.05. The van der Waals surface area contributed by atoms with Gasteiger partial charge in [0, 0.05) is 19.1 Å². The molecule has 7 nitrogen and oxygen atoms in total. The van der Waals surface area contributed by atoms with Crippen molar-refractivity contribution in [3.63, 3.8) is 0 Å². The second-order valence-electron chi connectivity index (χ2n) is 5.61. The normalized spacial score (nSPS) is 23.9. The number of aliphatic hydroxyl groups is 1. The first kappa shape index (κ1) is 16.0. The maximum Gasteiger partial charge on any atom is 0.328 e. The lowest BCUT2D eigenvalue weighted by atomic mass is 9.94. The number of hydrogen-bond acceptors (Lipinski definition) is 4. The van der Waals surface area contributed by atoms with Crippen LogP contribution in [0.5, 0.6) is 0 Å². The number of carboxylic acids is 1. The van der Waals surface area contributed by atoms with Crippen LogP contribution in [-0.4, -0.2) is 77.0 Å². The summed E-state index contributed by atoms with van der Waals surface area (Å²) in [6.07, 6.45) is 5.17. The molecule has 0 radical (unpaired) electrons. The Morgan fingerprint density at radius 2 is 1.95 bits per heavy atom. The van der Waals surface area contributed by atoms with Gasteiger partial charge in [-0.3, -0.25) is 0 Å². The summed E-state index contributed by atoms with van der Waals surface area (Å²) in [5.41, 5.74) is 0. The maximum absolute atomic E-state index is 12.7. The number of nitrogens with zero attached hydrogens (tertiary/aromatic N) is 2. The van der Waals surface area contributed by atoms with Crippen LogP contribution < -0.4 is 0 Å². The van der Waals surface area contributed by atoms with Crippen molar-refractivity contribution in [3.05, 3.63) is 0 Å². The average Bonchev–Trinajstić information content (AvgIpc) is 2.52. The molecule has 120 valence electrons. The molecule has 1 saturated heterocycles. The molecule has 2 amide bonds. The van der Waals surface area contributed by atoms with Crippen molar-refractivity contribution < 1.29 is 24.5 Å². The van der Waals surface area contributed by atoms with E-state index in [1.165, 1.54) is 11.3 Å². The molecule has 0 aromatic rings. The third kappa shape index (κ3) is 3.85. The number of hydrogen-bond donors (Lipinski definition) is 2. The fourth-order valence-electron chi connectivity index (χ4n) is 3.14. The van der Waals surface area contributed by atoms with Gasteiger partial charge in [0.1, 0.15) is 0 Å². The van der Waals surface area contributed by atoms with Crippen LogP contribution in [0.15, 0.2) is 0 Å². The highest BCUT2D eigenvalue weighted by Gasteiger charge is 2.37. The summed E-state index contributed by atoms with van der Waals surface area (Å²) in [7, 11) is 0. The summed E-state index contributed by atoms with van der Waals surface area (Å²) >= 11 is 0. The Kier molecular flexibility index (Phi) is 5.81. The molecule has 1 aliphatic carbocycles. The first-order valence-corrected chi connectivity index (χ1v) is 7.63.